The zero-order chi connectivity index (χ0) is 19.4. The number of carbonyl (C=O) groups excluding carboxylic acids is 1. The largest absolute Gasteiger partial charge is 0.379 e. The van der Waals surface area contributed by atoms with E-state index in [1.54, 1.807) is 30.3 Å². The molecule has 1 saturated heterocycles. The molecule has 0 saturated carbocycles. The van der Waals surface area contributed by atoms with Gasteiger partial charge in [-0.1, -0.05) is 41.1 Å². The van der Waals surface area contributed by atoms with Crippen LogP contribution in [-0.4, -0.2) is 38.7 Å². The van der Waals surface area contributed by atoms with Crippen molar-refractivity contribution in [3.05, 3.63) is 58.6 Å². The number of nitrogens with zero attached hydrogens (tertiary/aromatic N) is 1. The molecule has 1 aliphatic rings. The van der Waals surface area contributed by atoms with E-state index in [1.807, 2.05) is 0 Å². The first-order chi connectivity index (χ1) is 12.9. The molecular formula is C20H22BrNO4S. The van der Waals surface area contributed by atoms with Crippen LogP contribution in [0.15, 0.2) is 57.9 Å². The molecule has 5 nitrogen and oxygen atoms in total. The number of Topliss-reactive ketones (excluding diaryl/α,β-unsaturated/α-hetero) is 1. The van der Waals surface area contributed by atoms with E-state index in [1.165, 1.54) is 18.2 Å². The number of rotatable bonds is 6. The maximum atomic E-state index is 12.8. The van der Waals surface area contributed by atoms with E-state index in [4.69, 9.17) is 4.18 Å². The fraction of sp³-hybridized carbons (Fsp3) is 0.350. The summed E-state index contributed by atoms with van der Waals surface area (Å²) in [5, 5.41) is 0. The van der Waals surface area contributed by atoms with Gasteiger partial charge in [0.1, 0.15) is 10.6 Å². The van der Waals surface area contributed by atoms with Gasteiger partial charge in [0.05, 0.1) is 0 Å². The van der Waals surface area contributed by atoms with Crippen molar-refractivity contribution in [3.63, 3.8) is 0 Å². The Hall–Kier alpha value is -1.70. The van der Waals surface area contributed by atoms with Crippen molar-refractivity contribution < 1.29 is 17.4 Å². The second-order valence-electron chi connectivity index (χ2n) is 6.60. The third kappa shape index (κ3) is 4.97. The molecule has 0 unspecified atom stereocenters. The number of carbonyl (C=O) groups is 1. The Morgan fingerprint density at radius 3 is 2.52 bits per heavy atom. The standard InChI is InChI=1S/C20H22BrNO4S/c1-2-22-11-9-15(10-12-22)20(23)16-5-3-7-18(13-16)26-27(24,25)19-8-4-6-17(21)14-19/h3-8,13-15H,2,9-12H2,1H3. The van der Waals surface area contributed by atoms with Gasteiger partial charge in [-0.2, -0.15) is 8.42 Å². The lowest BCUT2D eigenvalue weighted by atomic mass is 9.89. The molecule has 0 aromatic heterocycles. The molecule has 1 aliphatic heterocycles. The number of benzene rings is 2. The minimum Gasteiger partial charge on any atom is -0.379 e. The summed E-state index contributed by atoms with van der Waals surface area (Å²) in [6.07, 6.45) is 1.65. The van der Waals surface area contributed by atoms with Crippen LogP contribution >= 0.6 is 15.9 Å². The van der Waals surface area contributed by atoms with E-state index in [-0.39, 0.29) is 22.3 Å². The second kappa shape index (κ2) is 8.54. The molecule has 2 aromatic carbocycles. The van der Waals surface area contributed by atoms with Gasteiger partial charge in [0.15, 0.2) is 5.78 Å². The van der Waals surface area contributed by atoms with Gasteiger partial charge >= 0.3 is 10.1 Å². The minimum atomic E-state index is -3.96. The third-order valence-corrected chi connectivity index (χ3v) is 6.55. The Kier molecular flexibility index (Phi) is 6.34. The second-order valence-corrected chi connectivity index (χ2v) is 9.06. The molecule has 144 valence electrons. The summed E-state index contributed by atoms with van der Waals surface area (Å²) >= 11 is 3.26. The monoisotopic (exact) mass is 451 g/mol. The Balaban J connectivity index is 1.75. The molecular weight excluding hydrogens is 430 g/mol. The zero-order valence-corrected chi connectivity index (χ0v) is 17.5. The topological polar surface area (TPSA) is 63.7 Å². The van der Waals surface area contributed by atoms with E-state index in [9.17, 15) is 13.2 Å². The van der Waals surface area contributed by atoms with E-state index in [2.05, 4.69) is 27.8 Å². The molecule has 27 heavy (non-hydrogen) atoms. The third-order valence-electron chi connectivity index (χ3n) is 4.81. The first-order valence-corrected chi connectivity index (χ1v) is 11.2. The predicted molar refractivity (Wildman–Crippen MR) is 108 cm³/mol. The summed E-state index contributed by atoms with van der Waals surface area (Å²) in [6, 6.07) is 12.7. The highest BCUT2D eigenvalue weighted by atomic mass is 79.9. The summed E-state index contributed by atoms with van der Waals surface area (Å²) in [5.74, 6) is 0.174. The molecule has 0 atom stereocenters. The van der Waals surface area contributed by atoms with Gasteiger partial charge in [0.25, 0.3) is 0 Å². The summed E-state index contributed by atoms with van der Waals surface area (Å²) < 4.78 is 30.8. The normalized spacial score (nSPS) is 16.2. The Morgan fingerprint density at radius 2 is 1.85 bits per heavy atom. The van der Waals surface area contributed by atoms with E-state index in [0.29, 0.717) is 10.0 Å². The molecule has 0 aliphatic carbocycles. The van der Waals surface area contributed by atoms with E-state index in [0.717, 1.165) is 32.5 Å². The summed E-state index contributed by atoms with van der Waals surface area (Å²) in [6.45, 7) is 4.95. The van der Waals surface area contributed by atoms with Crippen molar-refractivity contribution in [1.29, 1.82) is 0 Å². The van der Waals surface area contributed by atoms with Crippen LogP contribution in [-0.2, 0) is 10.1 Å². The lowest BCUT2D eigenvalue weighted by molar-refractivity contribution is 0.0844. The SMILES string of the molecule is CCN1CCC(C(=O)c2cccc(OS(=O)(=O)c3cccc(Br)c3)c2)CC1. The Bertz CT molecular complexity index is 921. The predicted octanol–water partition coefficient (Wildman–Crippen LogP) is 4.13. The highest BCUT2D eigenvalue weighted by Gasteiger charge is 2.26. The molecule has 3 rings (SSSR count). The summed E-state index contributed by atoms with van der Waals surface area (Å²) in [5.41, 5.74) is 0.492. The van der Waals surface area contributed by atoms with E-state index >= 15 is 0 Å². The van der Waals surface area contributed by atoms with Crippen molar-refractivity contribution in [1.82, 2.24) is 4.90 Å². The number of ketones is 1. The lowest BCUT2D eigenvalue weighted by Crippen LogP contribution is -2.36. The average molecular weight is 452 g/mol. The minimum absolute atomic E-state index is 0.0234. The molecule has 0 radical (unpaired) electrons. The maximum Gasteiger partial charge on any atom is 0.339 e. The molecule has 0 N–H and O–H groups in total. The van der Waals surface area contributed by atoms with E-state index < -0.39 is 10.1 Å². The van der Waals surface area contributed by atoms with Crippen LogP contribution in [0.25, 0.3) is 0 Å². The van der Waals surface area contributed by atoms with Gasteiger partial charge in [-0.05, 0) is 62.8 Å². The average Bonchev–Trinajstić information content (AvgIpc) is 2.67. The van der Waals surface area contributed by atoms with Crippen molar-refractivity contribution >= 4 is 31.8 Å². The fourth-order valence-corrected chi connectivity index (χ4v) is 4.77. The van der Waals surface area contributed by atoms with Crippen LogP contribution in [0.4, 0.5) is 0 Å². The zero-order valence-electron chi connectivity index (χ0n) is 15.1. The van der Waals surface area contributed by atoms with Crippen LogP contribution in [0.5, 0.6) is 5.75 Å². The molecule has 0 bridgehead atoms. The van der Waals surface area contributed by atoms with Gasteiger partial charge < -0.3 is 9.08 Å². The molecule has 2 aromatic rings. The van der Waals surface area contributed by atoms with Gasteiger partial charge in [-0.3, -0.25) is 4.79 Å². The van der Waals surface area contributed by atoms with Crippen molar-refractivity contribution in [3.8, 4) is 5.75 Å². The number of hydrogen-bond acceptors (Lipinski definition) is 5. The number of hydrogen-bond donors (Lipinski definition) is 0. The van der Waals surface area contributed by atoms with Crippen molar-refractivity contribution in [2.45, 2.75) is 24.7 Å². The summed E-state index contributed by atoms with van der Waals surface area (Å²) in [7, 11) is -3.96. The summed E-state index contributed by atoms with van der Waals surface area (Å²) in [4.78, 5) is 15.2. The fourth-order valence-electron chi connectivity index (χ4n) is 3.25. The number of likely N-dealkylation sites (tertiary alicyclic amines) is 1. The van der Waals surface area contributed by atoms with Gasteiger partial charge in [0, 0.05) is 16.0 Å². The molecule has 1 heterocycles. The van der Waals surface area contributed by atoms with Gasteiger partial charge in [0.2, 0.25) is 0 Å². The van der Waals surface area contributed by atoms with Gasteiger partial charge in [-0.25, -0.2) is 0 Å². The molecule has 0 spiro atoms. The molecule has 0 amide bonds. The quantitative estimate of drug-likeness (QED) is 0.487. The highest BCUT2D eigenvalue weighted by molar-refractivity contribution is 9.10. The van der Waals surface area contributed by atoms with Crippen LogP contribution < -0.4 is 4.18 Å². The van der Waals surface area contributed by atoms with Crippen LogP contribution in [0.2, 0.25) is 0 Å². The number of halogens is 1. The lowest BCUT2D eigenvalue weighted by Gasteiger charge is -2.30. The van der Waals surface area contributed by atoms with Crippen LogP contribution in [0.1, 0.15) is 30.1 Å². The van der Waals surface area contributed by atoms with Crippen LogP contribution in [0.3, 0.4) is 0 Å². The smallest absolute Gasteiger partial charge is 0.339 e. The van der Waals surface area contributed by atoms with Gasteiger partial charge in [-0.15, -0.1) is 0 Å². The first-order valence-electron chi connectivity index (χ1n) is 8.96. The molecule has 7 heteroatoms. The molecule has 1 fully saturated rings. The van der Waals surface area contributed by atoms with Crippen LogP contribution in [0, 0.1) is 5.92 Å². The maximum absolute atomic E-state index is 12.8. The highest BCUT2D eigenvalue weighted by Crippen LogP contribution is 2.26. The Morgan fingerprint density at radius 1 is 1.15 bits per heavy atom. The number of piperidine rings is 1. The van der Waals surface area contributed by atoms with Crippen molar-refractivity contribution in [2.24, 2.45) is 5.92 Å². The van der Waals surface area contributed by atoms with Crippen molar-refractivity contribution in [2.75, 3.05) is 19.6 Å². The Labute approximate surface area is 168 Å². The first kappa shape index (κ1) is 20.0.